The van der Waals surface area contributed by atoms with Crippen LogP contribution in [0.2, 0.25) is 0 Å². The first-order valence-electron chi connectivity index (χ1n) is 3.99. The lowest BCUT2D eigenvalue weighted by Crippen LogP contribution is -2.03. The van der Waals surface area contributed by atoms with E-state index in [0.29, 0.717) is 0 Å². The van der Waals surface area contributed by atoms with Gasteiger partial charge >= 0.3 is 0 Å². The topological polar surface area (TPSA) is 0 Å². The Balaban J connectivity index is 3.28. The van der Waals surface area contributed by atoms with Crippen molar-refractivity contribution >= 4 is 33.5 Å². The van der Waals surface area contributed by atoms with Gasteiger partial charge in [-0.15, -0.1) is 0 Å². The summed E-state index contributed by atoms with van der Waals surface area (Å²) < 4.78 is 7.72. The van der Waals surface area contributed by atoms with Crippen molar-refractivity contribution in [1.29, 1.82) is 1.28 Å². The highest BCUT2D eigenvalue weighted by Gasteiger charge is 2.00. The smallest absolute Gasteiger partial charge is 0.0557 e. The SMILES string of the molecule is [2H]P(I)c1c(C)cc(C)cc1C. The highest BCUT2D eigenvalue weighted by molar-refractivity contribution is 14.2. The minimum absolute atomic E-state index is 0.730. The molecule has 0 aromatic heterocycles. The molecule has 0 radical (unpaired) electrons. The third-order valence-corrected chi connectivity index (χ3v) is 4.04. The molecule has 1 atom stereocenters. The van der Waals surface area contributed by atoms with E-state index in [1.807, 2.05) is 0 Å². The lowest BCUT2D eigenvalue weighted by molar-refractivity contribution is 1.36. The van der Waals surface area contributed by atoms with Crippen LogP contribution in [-0.4, -0.2) is 1.28 Å². The molecular formula is C9H12IP. The third kappa shape index (κ3) is 2.16. The minimum Gasteiger partial charge on any atom is -0.0557 e. The molecule has 60 valence electrons. The molecule has 1 rings (SSSR count). The Bertz CT molecular complexity index is 274. The van der Waals surface area contributed by atoms with Crippen LogP contribution in [-0.2, 0) is 0 Å². The molecule has 0 fully saturated rings. The van der Waals surface area contributed by atoms with Crippen molar-refractivity contribution in [3.05, 3.63) is 28.8 Å². The molecule has 0 saturated carbocycles. The van der Waals surface area contributed by atoms with Gasteiger partial charge in [-0.25, -0.2) is 0 Å². The summed E-state index contributed by atoms with van der Waals surface area (Å²) in [7, 11) is 0. The first-order chi connectivity index (χ1) is 5.52. The Hall–Kier alpha value is 0.380. The fourth-order valence-corrected chi connectivity index (χ4v) is 3.98. The van der Waals surface area contributed by atoms with Gasteiger partial charge in [-0.3, -0.25) is 0 Å². The fraction of sp³-hybridized carbons (Fsp3) is 0.333. The quantitative estimate of drug-likeness (QED) is 0.546. The van der Waals surface area contributed by atoms with Gasteiger partial charge in [0.1, 0.15) is 0 Å². The summed E-state index contributed by atoms with van der Waals surface area (Å²) in [5, 5.41) is 1.23. The van der Waals surface area contributed by atoms with Crippen molar-refractivity contribution < 1.29 is 0 Å². The van der Waals surface area contributed by atoms with Crippen molar-refractivity contribution in [3.8, 4) is 0 Å². The molecule has 2 heteroatoms. The highest BCUT2D eigenvalue weighted by Crippen LogP contribution is 2.24. The van der Waals surface area contributed by atoms with Crippen LogP contribution in [0.15, 0.2) is 12.1 Å². The first-order valence-corrected chi connectivity index (χ1v) is 7.23. The van der Waals surface area contributed by atoms with Crippen LogP contribution in [0, 0.1) is 20.8 Å². The fourth-order valence-electron chi connectivity index (χ4n) is 1.31. The third-order valence-electron chi connectivity index (χ3n) is 1.72. The maximum Gasteiger partial charge on any atom is 0.0739 e. The Labute approximate surface area is 84.3 Å². The summed E-state index contributed by atoms with van der Waals surface area (Å²) in [6, 6.07) is 4.32. The van der Waals surface area contributed by atoms with E-state index in [2.05, 4.69) is 54.9 Å². The van der Waals surface area contributed by atoms with E-state index >= 15 is 0 Å². The van der Waals surface area contributed by atoms with Crippen molar-refractivity contribution in [2.75, 3.05) is 0 Å². The van der Waals surface area contributed by atoms with Crippen LogP contribution >= 0.6 is 28.2 Å². The van der Waals surface area contributed by atoms with Gasteiger partial charge in [-0.05, 0) is 43.4 Å². The van der Waals surface area contributed by atoms with Gasteiger partial charge in [0.05, 0.1) is 1.28 Å². The number of hydrogen-bond acceptors (Lipinski definition) is 0. The van der Waals surface area contributed by atoms with Gasteiger partial charge in [0.25, 0.3) is 0 Å². The summed E-state index contributed by atoms with van der Waals surface area (Å²) in [5.41, 5.74) is 3.83. The molecule has 0 N–H and O–H groups in total. The molecule has 0 bridgehead atoms. The molecule has 0 heterocycles. The Morgan fingerprint density at radius 2 is 1.73 bits per heavy atom. The van der Waals surface area contributed by atoms with E-state index in [9.17, 15) is 0 Å². The van der Waals surface area contributed by atoms with Crippen molar-refractivity contribution in [2.45, 2.75) is 20.8 Å². The molecule has 0 aliphatic carbocycles. The van der Waals surface area contributed by atoms with Crippen molar-refractivity contribution in [1.82, 2.24) is 0 Å². The van der Waals surface area contributed by atoms with Crippen molar-refractivity contribution in [2.24, 2.45) is 0 Å². The molecule has 1 aromatic rings. The minimum atomic E-state index is -0.730. The Kier molecular flexibility index (Phi) is 2.81. The molecule has 0 amide bonds. The number of halogens is 1. The zero-order valence-electron chi connectivity index (χ0n) is 7.98. The van der Waals surface area contributed by atoms with Crippen LogP contribution in [0.3, 0.4) is 0 Å². The van der Waals surface area contributed by atoms with Gasteiger partial charge in [0.15, 0.2) is 0 Å². The number of rotatable bonds is 1. The lowest BCUT2D eigenvalue weighted by Gasteiger charge is -2.07. The summed E-state index contributed by atoms with van der Waals surface area (Å²) in [6.45, 7) is 6.29. The maximum atomic E-state index is 7.72. The van der Waals surface area contributed by atoms with Crippen LogP contribution in [0.4, 0.5) is 0 Å². The number of benzene rings is 1. The summed E-state index contributed by atoms with van der Waals surface area (Å²) >= 11 is 2.20. The molecule has 0 saturated heterocycles. The molecule has 1 aromatic carbocycles. The molecule has 0 nitrogen and oxygen atoms in total. The van der Waals surface area contributed by atoms with E-state index in [1.165, 1.54) is 22.0 Å². The Morgan fingerprint density at radius 3 is 2.09 bits per heavy atom. The van der Waals surface area contributed by atoms with E-state index in [0.717, 1.165) is 0 Å². The van der Waals surface area contributed by atoms with Crippen LogP contribution in [0.1, 0.15) is 16.7 Å². The molecular weight excluding hydrogens is 266 g/mol. The zero-order valence-corrected chi connectivity index (χ0v) is 10.0. The molecule has 1 unspecified atom stereocenters. The molecule has 0 aliphatic rings. The Morgan fingerprint density at radius 1 is 1.27 bits per heavy atom. The molecule has 11 heavy (non-hydrogen) atoms. The first kappa shape index (κ1) is 8.00. The number of aryl methyl sites for hydroxylation is 3. The van der Waals surface area contributed by atoms with E-state index in [1.54, 1.807) is 0 Å². The average Bonchev–Trinajstić information content (AvgIpc) is 1.82. The van der Waals surface area contributed by atoms with Crippen molar-refractivity contribution in [3.63, 3.8) is 0 Å². The van der Waals surface area contributed by atoms with E-state index in [-0.39, 0.29) is 0 Å². The summed E-state index contributed by atoms with van der Waals surface area (Å²) in [4.78, 5) is 0. The van der Waals surface area contributed by atoms with Gasteiger partial charge in [-0.1, -0.05) is 39.7 Å². The lowest BCUT2D eigenvalue weighted by atomic mass is 10.1. The standard InChI is InChI=1S/C9H12IP/c1-6-4-7(2)9(11-10)8(3)5-6/h4-5,11H,1-3H3/i11D. The predicted molar refractivity (Wildman–Crippen MR) is 62.6 cm³/mol. The zero-order chi connectivity index (χ0) is 9.30. The van der Waals surface area contributed by atoms with Gasteiger partial charge < -0.3 is 0 Å². The summed E-state index contributed by atoms with van der Waals surface area (Å²) in [6.07, 6.45) is -0.730. The molecule has 0 aliphatic heterocycles. The average molecular weight is 279 g/mol. The second kappa shape index (κ2) is 3.86. The van der Waals surface area contributed by atoms with Gasteiger partial charge in [-0.2, -0.15) is 0 Å². The van der Waals surface area contributed by atoms with Crippen LogP contribution < -0.4 is 5.30 Å². The number of hydrogen-bond donors (Lipinski definition) is 0. The van der Waals surface area contributed by atoms with Crippen LogP contribution in [0.5, 0.6) is 0 Å². The van der Waals surface area contributed by atoms with E-state index in [4.69, 9.17) is 1.28 Å². The van der Waals surface area contributed by atoms with E-state index < -0.39 is 6.17 Å². The second-order valence-corrected chi connectivity index (χ2v) is 4.90. The summed E-state index contributed by atoms with van der Waals surface area (Å²) in [5.74, 6) is 0. The van der Waals surface area contributed by atoms with Crippen LogP contribution in [0.25, 0.3) is 0 Å². The maximum absolute atomic E-state index is 7.72. The normalized spacial score (nSPS) is 14.4. The molecule has 0 spiro atoms. The largest absolute Gasteiger partial charge is 0.0739 e. The highest BCUT2D eigenvalue weighted by atomic mass is 127. The second-order valence-electron chi connectivity index (χ2n) is 2.83. The van der Waals surface area contributed by atoms with Gasteiger partial charge in [0, 0.05) is 0 Å². The monoisotopic (exact) mass is 279 g/mol. The predicted octanol–water partition coefficient (Wildman–Crippen LogP) is 3.27. The van der Waals surface area contributed by atoms with Gasteiger partial charge in [0.2, 0.25) is 0 Å².